The van der Waals surface area contributed by atoms with Crippen LogP contribution in [0.3, 0.4) is 0 Å². The van der Waals surface area contributed by atoms with Gasteiger partial charge in [-0.3, -0.25) is 15.2 Å². The average Bonchev–Trinajstić information content (AvgIpc) is 2.83. The van der Waals surface area contributed by atoms with Crippen molar-refractivity contribution in [2.24, 2.45) is 5.84 Å². The fourth-order valence-corrected chi connectivity index (χ4v) is 3.16. The van der Waals surface area contributed by atoms with Gasteiger partial charge in [-0.25, -0.2) is 5.84 Å². The number of amides is 1. The fraction of sp³-hybridized carbons (Fsp3) is 0.231. The lowest BCUT2D eigenvalue weighted by molar-refractivity contribution is 0.0954. The summed E-state index contributed by atoms with van der Waals surface area (Å²) >= 11 is 12.2. The molecule has 98 valence electrons. The van der Waals surface area contributed by atoms with E-state index in [1.807, 2.05) is 0 Å². The van der Waals surface area contributed by atoms with Gasteiger partial charge in [0.05, 0.1) is 16.1 Å². The second-order valence-corrected chi connectivity index (χ2v) is 5.37. The summed E-state index contributed by atoms with van der Waals surface area (Å²) in [5, 5.41) is 1.58. The maximum absolute atomic E-state index is 12.1. The van der Waals surface area contributed by atoms with Gasteiger partial charge in [-0.15, -0.1) is 0 Å². The molecule has 19 heavy (non-hydrogen) atoms. The van der Waals surface area contributed by atoms with Crippen LogP contribution in [0.15, 0.2) is 12.1 Å². The lowest BCUT2D eigenvalue weighted by Gasteiger charge is -2.12. The molecule has 2 aromatic rings. The lowest BCUT2D eigenvalue weighted by atomic mass is 10.0. The number of nitrogens with zero attached hydrogens (tertiary/aromatic N) is 1. The highest BCUT2D eigenvalue weighted by molar-refractivity contribution is 6.38. The topological polar surface area (TPSA) is 68.0 Å². The third-order valence-electron chi connectivity index (χ3n) is 3.39. The monoisotopic (exact) mass is 295 g/mol. The Hall–Kier alpha value is -1.36. The van der Waals surface area contributed by atoms with Crippen LogP contribution in [0.4, 0.5) is 0 Å². The minimum Gasteiger partial charge on any atom is -0.290 e. The van der Waals surface area contributed by atoms with Gasteiger partial charge in [0.1, 0.15) is 0 Å². The maximum Gasteiger partial charge on any atom is 0.266 e. The number of rotatable bonds is 1. The minimum absolute atomic E-state index is 0.330. The Morgan fingerprint density at radius 1 is 1.32 bits per heavy atom. The quantitative estimate of drug-likeness (QED) is 0.483. The van der Waals surface area contributed by atoms with E-state index in [2.05, 4.69) is 10.4 Å². The van der Waals surface area contributed by atoms with Crippen molar-refractivity contribution in [1.29, 1.82) is 0 Å². The Labute approximate surface area is 119 Å². The summed E-state index contributed by atoms with van der Waals surface area (Å²) in [5.74, 6) is 4.95. The van der Waals surface area contributed by atoms with E-state index in [0.29, 0.717) is 26.5 Å². The van der Waals surface area contributed by atoms with Crippen molar-refractivity contribution in [2.45, 2.75) is 19.3 Å². The molecule has 0 atom stereocenters. The molecule has 4 nitrogen and oxygen atoms in total. The number of aryl methyl sites for hydroxylation is 1. The summed E-state index contributed by atoms with van der Waals surface area (Å²) in [7, 11) is 0. The number of carbonyl (C=O) groups excluding carboxylic acids is 1. The second-order valence-electron chi connectivity index (χ2n) is 4.52. The molecule has 1 heterocycles. The third kappa shape index (κ3) is 1.96. The zero-order valence-corrected chi connectivity index (χ0v) is 11.5. The van der Waals surface area contributed by atoms with Crippen LogP contribution in [-0.2, 0) is 12.8 Å². The van der Waals surface area contributed by atoms with Crippen molar-refractivity contribution >= 4 is 40.0 Å². The van der Waals surface area contributed by atoms with Crippen molar-refractivity contribution in [1.82, 2.24) is 10.4 Å². The van der Waals surface area contributed by atoms with E-state index in [1.54, 1.807) is 12.1 Å². The van der Waals surface area contributed by atoms with Crippen LogP contribution in [0.25, 0.3) is 10.9 Å². The Balaban J connectivity index is 2.45. The maximum atomic E-state index is 12.1. The van der Waals surface area contributed by atoms with Crippen molar-refractivity contribution in [2.75, 3.05) is 0 Å². The molecule has 0 fully saturated rings. The lowest BCUT2D eigenvalue weighted by Crippen LogP contribution is -2.31. The van der Waals surface area contributed by atoms with E-state index in [0.717, 1.165) is 30.5 Å². The molecule has 0 aliphatic heterocycles. The van der Waals surface area contributed by atoms with E-state index < -0.39 is 0 Å². The van der Waals surface area contributed by atoms with Crippen LogP contribution < -0.4 is 11.3 Å². The number of halogens is 2. The molecule has 0 spiro atoms. The largest absolute Gasteiger partial charge is 0.290 e. The van der Waals surface area contributed by atoms with E-state index in [9.17, 15) is 4.79 Å². The van der Waals surface area contributed by atoms with Gasteiger partial charge in [0.15, 0.2) is 0 Å². The summed E-state index contributed by atoms with van der Waals surface area (Å²) in [6, 6.07) is 3.34. The second kappa shape index (κ2) is 4.63. The first kappa shape index (κ1) is 12.7. The summed E-state index contributed by atoms with van der Waals surface area (Å²) in [4.78, 5) is 16.6. The van der Waals surface area contributed by atoms with Crippen molar-refractivity contribution in [3.05, 3.63) is 39.0 Å². The summed E-state index contributed by atoms with van der Waals surface area (Å²) in [6.07, 6.45) is 2.66. The number of pyridine rings is 1. The molecule has 3 N–H and O–H groups in total. The van der Waals surface area contributed by atoms with Crippen molar-refractivity contribution < 1.29 is 4.79 Å². The molecule has 1 aliphatic carbocycles. The number of fused-ring (bicyclic) bond motifs is 2. The average molecular weight is 296 g/mol. The molecule has 0 saturated carbocycles. The van der Waals surface area contributed by atoms with Gasteiger partial charge in [-0.1, -0.05) is 23.2 Å². The molecular formula is C13H11Cl2N3O. The summed E-state index contributed by atoms with van der Waals surface area (Å²) in [5.41, 5.74) is 5.22. The number of benzene rings is 1. The molecule has 1 aliphatic rings. The van der Waals surface area contributed by atoms with Crippen LogP contribution in [0, 0.1) is 0 Å². The van der Waals surface area contributed by atoms with Gasteiger partial charge in [0, 0.05) is 16.1 Å². The van der Waals surface area contributed by atoms with Crippen LogP contribution in [0.1, 0.15) is 28.0 Å². The van der Waals surface area contributed by atoms with Crippen LogP contribution in [0.2, 0.25) is 10.0 Å². The minimum atomic E-state index is -0.330. The number of hydrogen-bond donors (Lipinski definition) is 2. The molecule has 0 bridgehead atoms. The Bertz CT molecular complexity index is 700. The van der Waals surface area contributed by atoms with Crippen molar-refractivity contribution in [3.63, 3.8) is 0 Å². The molecule has 6 heteroatoms. The van der Waals surface area contributed by atoms with E-state index >= 15 is 0 Å². The Morgan fingerprint density at radius 2 is 2.11 bits per heavy atom. The SMILES string of the molecule is NNC(=O)c1c2c(nc3c(Cl)cc(Cl)cc13)CCC2. The highest BCUT2D eigenvalue weighted by atomic mass is 35.5. The van der Waals surface area contributed by atoms with Gasteiger partial charge < -0.3 is 0 Å². The molecule has 1 amide bonds. The van der Waals surface area contributed by atoms with Crippen LogP contribution in [-0.4, -0.2) is 10.9 Å². The van der Waals surface area contributed by atoms with Gasteiger partial charge in [-0.05, 0) is 37.0 Å². The van der Waals surface area contributed by atoms with Gasteiger partial charge in [0.2, 0.25) is 0 Å². The molecule has 1 aromatic heterocycles. The number of carbonyl (C=O) groups is 1. The number of nitrogen functional groups attached to an aromatic ring is 1. The van der Waals surface area contributed by atoms with Crippen LogP contribution >= 0.6 is 23.2 Å². The summed E-state index contributed by atoms with van der Waals surface area (Å²) < 4.78 is 0. The number of nitrogens with two attached hydrogens (primary N) is 1. The van der Waals surface area contributed by atoms with E-state index in [1.165, 1.54) is 0 Å². The van der Waals surface area contributed by atoms with Gasteiger partial charge in [-0.2, -0.15) is 0 Å². The highest BCUT2D eigenvalue weighted by Crippen LogP contribution is 2.34. The molecule has 0 saturated heterocycles. The number of aromatic nitrogens is 1. The van der Waals surface area contributed by atoms with E-state index in [4.69, 9.17) is 29.0 Å². The smallest absolute Gasteiger partial charge is 0.266 e. The number of hydrogen-bond acceptors (Lipinski definition) is 3. The zero-order valence-electron chi connectivity index (χ0n) is 9.96. The van der Waals surface area contributed by atoms with Crippen LogP contribution in [0.5, 0.6) is 0 Å². The van der Waals surface area contributed by atoms with E-state index in [-0.39, 0.29) is 5.91 Å². The van der Waals surface area contributed by atoms with Gasteiger partial charge in [0.25, 0.3) is 5.91 Å². The first-order valence-electron chi connectivity index (χ1n) is 5.93. The zero-order chi connectivity index (χ0) is 13.6. The summed E-state index contributed by atoms with van der Waals surface area (Å²) in [6.45, 7) is 0. The molecule has 0 radical (unpaired) electrons. The molecule has 1 aromatic carbocycles. The predicted molar refractivity (Wildman–Crippen MR) is 75.4 cm³/mol. The molecular weight excluding hydrogens is 285 g/mol. The fourth-order valence-electron chi connectivity index (χ4n) is 2.62. The first-order valence-corrected chi connectivity index (χ1v) is 6.69. The highest BCUT2D eigenvalue weighted by Gasteiger charge is 2.24. The first-order chi connectivity index (χ1) is 9.11. The van der Waals surface area contributed by atoms with Crippen molar-refractivity contribution in [3.8, 4) is 0 Å². The normalized spacial score (nSPS) is 13.6. The number of nitrogens with one attached hydrogen (secondary N) is 1. The standard InChI is InChI=1S/C13H11Cl2N3O/c14-6-4-8-11(13(19)18-16)7-2-1-3-10(7)17-12(8)9(15)5-6/h4-5H,1-3,16H2,(H,18,19). The third-order valence-corrected chi connectivity index (χ3v) is 3.90. The Kier molecular flexibility index (Phi) is 3.09. The van der Waals surface area contributed by atoms with Gasteiger partial charge >= 0.3 is 0 Å². The number of hydrazine groups is 1. The predicted octanol–water partition coefficient (Wildman–Crippen LogP) is 2.63. The molecule has 0 unspecified atom stereocenters. The molecule has 3 rings (SSSR count). The Morgan fingerprint density at radius 3 is 2.84 bits per heavy atom.